The van der Waals surface area contributed by atoms with E-state index >= 15 is 0 Å². The number of hydrogen-bond acceptors (Lipinski definition) is 5. The molecule has 96 valence electrons. The molecular weight excluding hydrogens is 250 g/mol. The lowest BCUT2D eigenvalue weighted by atomic mass is 10.4. The Morgan fingerprint density at radius 1 is 1.61 bits per heavy atom. The Morgan fingerprint density at radius 2 is 2.44 bits per heavy atom. The van der Waals surface area contributed by atoms with E-state index in [-0.39, 0.29) is 5.91 Å². The number of amides is 1. The van der Waals surface area contributed by atoms with Gasteiger partial charge in [0.15, 0.2) is 0 Å². The molecule has 7 heteroatoms. The Kier molecular flexibility index (Phi) is 4.06. The molecule has 6 nitrogen and oxygen atoms in total. The van der Waals surface area contributed by atoms with E-state index in [2.05, 4.69) is 15.0 Å². The highest BCUT2D eigenvalue weighted by molar-refractivity contribution is 7.09. The van der Waals surface area contributed by atoms with E-state index in [9.17, 15) is 4.79 Å². The summed E-state index contributed by atoms with van der Waals surface area (Å²) < 4.78 is 0. The average molecular weight is 265 g/mol. The second-order valence-electron chi connectivity index (χ2n) is 3.86. The summed E-state index contributed by atoms with van der Waals surface area (Å²) in [5.41, 5.74) is 5.92. The van der Waals surface area contributed by atoms with Crippen LogP contribution in [0.5, 0.6) is 0 Å². The molecule has 18 heavy (non-hydrogen) atoms. The molecule has 0 fully saturated rings. The molecule has 0 spiro atoms. The average Bonchev–Trinajstić information content (AvgIpc) is 3.00. The Balaban J connectivity index is 2.01. The van der Waals surface area contributed by atoms with Crippen LogP contribution in [0.15, 0.2) is 17.8 Å². The van der Waals surface area contributed by atoms with Gasteiger partial charge in [0.05, 0.1) is 11.6 Å². The molecule has 0 saturated heterocycles. The van der Waals surface area contributed by atoms with E-state index in [0.29, 0.717) is 25.2 Å². The van der Waals surface area contributed by atoms with Crippen molar-refractivity contribution < 1.29 is 4.79 Å². The zero-order valence-corrected chi connectivity index (χ0v) is 10.9. The van der Waals surface area contributed by atoms with Gasteiger partial charge in [0.2, 0.25) is 0 Å². The third-order valence-electron chi connectivity index (χ3n) is 2.42. The van der Waals surface area contributed by atoms with Crippen molar-refractivity contribution in [3.63, 3.8) is 0 Å². The van der Waals surface area contributed by atoms with Gasteiger partial charge in [-0.05, 0) is 6.54 Å². The number of nitrogens with two attached hydrogens (primary N) is 1. The standard InChI is InChI=1S/C11H15N5OS/c1-16(6-9-13-4-5-14-9)11(17)8-7-18-10(15-8)2-3-12/h4-5,7H,2-3,6,12H2,1H3,(H,13,14). The van der Waals surface area contributed by atoms with E-state index in [0.717, 1.165) is 10.8 Å². The Morgan fingerprint density at radius 3 is 3.11 bits per heavy atom. The topological polar surface area (TPSA) is 87.9 Å². The predicted octanol–water partition coefficient (Wildman–Crippen LogP) is 0.640. The summed E-state index contributed by atoms with van der Waals surface area (Å²) in [7, 11) is 1.73. The van der Waals surface area contributed by atoms with Crippen molar-refractivity contribution in [2.24, 2.45) is 5.73 Å². The molecule has 1 amide bonds. The molecule has 0 aliphatic rings. The number of carbonyl (C=O) groups is 1. The largest absolute Gasteiger partial charge is 0.347 e. The fraction of sp³-hybridized carbons (Fsp3) is 0.364. The first-order chi connectivity index (χ1) is 8.70. The first-order valence-electron chi connectivity index (χ1n) is 5.59. The number of aromatic nitrogens is 3. The fourth-order valence-electron chi connectivity index (χ4n) is 1.52. The number of aromatic amines is 1. The van der Waals surface area contributed by atoms with Crippen molar-refractivity contribution in [2.45, 2.75) is 13.0 Å². The number of hydrogen-bond donors (Lipinski definition) is 2. The highest BCUT2D eigenvalue weighted by Gasteiger charge is 2.16. The summed E-state index contributed by atoms with van der Waals surface area (Å²) >= 11 is 1.47. The molecule has 0 atom stereocenters. The summed E-state index contributed by atoms with van der Waals surface area (Å²) in [6, 6.07) is 0. The lowest BCUT2D eigenvalue weighted by Gasteiger charge is -2.13. The van der Waals surface area contributed by atoms with Crippen LogP contribution in [-0.4, -0.2) is 39.4 Å². The lowest BCUT2D eigenvalue weighted by Crippen LogP contribution is -2.27. The molecule has 0 bridgehead atoms. The van der Waals surface area contributed by atoms with Crippen molar-refractivity contribution in [1.82, 2.24) is 19.9 Å². The molecule has 2 rings (SSSR count). The van der Waals surface area contributed by atoms with E-state index < -0.39 is 0 Å². The zero-order valence-electron chi connectivity index (χ0n) is 10.1. The number of thiazole rings is 1. The summed E-state index contributed by atoms with van der Waals surface area (Å²) in [4.78, 5) is 25.0. The minimum Gasteiger partial charge on any atom is -0.347 e. The highest BCUT2D eigenvalue weighted by atomic mass is 32.1. The van der Waals surface area contributed by atoms with E-state index in [1.807, 2.05) is 0 Å². The summed E-state index contributed by atoms with van der Waals surface area (Å²) in [5.74, 6) is 0.647. The van der Waals surface area contributed by atoms with Gasteiger partial charge in [-0.2, -0.15) is 0 Å². The lowest BCUT2D eigenvalue weighted by molar-refractivity contribution is 0.0776. The first-order valence-corrected chi connectivity index (χ1v) is 6.47. The van der Waals surface area contributed by atoms with Gasteiger partial charge in [0, 0.05) is 31.2 Å². The summed E-state index contributed by atoms with van der Waals surface area (Å²) in [5, 5.41) is 2.67. The monoisotopic (exact) mass is 265 g/mol. The van der Waals surface area contributed by atoms with Gasteiger partial charge in [0.25, 0.3) is 5.91 Å². The van der Waals surface area contributed by atoms with Crippen molar-refractivity contribution in [1.29, 1.82) is 0 Å². The molecular formula is C11H15N5OS. The second-order valence-corrected chi connectivity index (χ2v) is 4.80. The summed E-state index contributed by atoms with van der Waals surface area (Å²) in [6.45, 7) is 0.985. The van der Waals surface area contributed by atoms with Crippen LogP contribution in [0.1, 0.15) is 21.3 Å². The maximum absolute atomic E-state index is 12.1. The minimum absolute atomic E-state index is 0.106. The van der Waals surface area contributed by atoms with Crippen molar-refractivity contribution >= 4 is 17.2 Å². The van der Waals surface area contributed by atoms with Gasteiger partial charge < -0.3 is 15.6 Å². The zero-order chi connectivity index (χ0) is 13.0. The minimum atomic E-state index is -0.106. The van der Waals surface area contributed by atoms with Crippen LogP contribution < -0.4 is 5.73 Å². The maximum atomic E-state index is 12.1. The number of nitrogens with one attached hydrogen (secondary N) is 1. The second kappa shape index (κ2) is 5.74. The predicted molar refractivity (Wildman–Crippen MR) is 69.3 cm³/mol. The molecule has 0 radical (unpaired) electrons. The molecule has 0 aliphatic carbocycles. The summed E-state index contributed by atoms with van der Waals surface area (Å²) in [6.07, 6.45) is 4.10. The normalized spacial score (nSPS) is 10.6. The van der Waals surface area contributed by atoms with Crippen molar-refractivity contribution in [3.8, 4) is 0 Å². The maximum Gasteiger partial charge on any atom is 0.273 e. The Hall–Kier alpha value is -1.73. The first kappa shape index (κ1) is 12.7. The van der Waals surface area contributed by atoms with Crippen LogP contribution in [0.4, 0.5) is 0 Å². The van der Waals surface area contributed by atoms with Crippen LogP contribution in [-0.2, 0) is 13.0 Å². The van der Waals surface area contributed by atoms with Crippen LogP contribution in [0.3, 0.4) is 0 Å². The molecule has 2 heterocycles. The van der Waals surface area contributed by atoms with Gasteiger partial charge in [0.1, 0.15) is 11.5 Å². The van der Waals surface area contributed by atoms with Gasteiger partial charge in [-0.15, -0.1) is 11.3 Å². The molecule has 0 aromatic carbocycles. The number of imidazole rings is 1. The van der Waals surface area contributed by atoms with E-state index in [1.165, 1.54) is 11.3 Å². The number of carbonyl (C=O) groups excluding carboxylic acids is 1. The number of rotatable bonds is 5. The van der Waals surface area contributed by atoms with Gasteiger partial charge >= 0.3 is 0 Å². The SMILES string of the molecule is CN(Cc1ncc[nH]1)C(=O)c1csc(CCN)n1. The molecule has 0 unspecified atom stereocenters. The molecule has 2 aromatic rings. The number of H-pyrrole nitrogens is 1. The van der Waals surface area contributed by atoms with Crippen molar-refractivity contribution in [3.05, 3.63) is 34.3 Å². The van der Waals surface area contributed by atoms with Crippen LogP contribution in [0.25, 0.3) is 0 Å². The highest BCUT2D eigenvalue weighted by Crippen LogP contribution is 2.12. The molecule has 0 saturated carbocycles. The fourth-order valence-corrected chi connectivity index (χ4v) is 2.31. The number of nitrogens with zero attached hydrogens (tertiary/aromatic N) is 3. The third-order valence-corrected chi connectivity index (χ3v) is 3.33. The van der Waals surface area contributed by atoms with Gasteiger partial charge in [-0.3, -0.25) is 4.79 Å². The molecule has 0 aliphatic heterocycles. The van der Waals surface area contributed by atoms with Crippen LogP contribution >= 0.6 is 11.3 Å². The Labute approximate surface area is 109 Å². The third kappa shape index (κ3) is 2.93. The molecule has 3 N–H and O–H groups in total. The molecule has 2 aromatic heterocycles. The van der Waals surface area contributed by atoms with Crippen molar-refractivity contribution in [2.75, 3.05) is 13.6 Å². The quantitative estimate of drug-likeness (QED) is 0.830. The van der Waals surface area contributed by atoms with E-state index in [4.69, 9.17) is 5.73 Å². The van der Waals surface area contributed by atoms with E-state index in [1.54, 1.807) is 29.7 Å². The Bertz CT molecular complexity index is 507. The van der Waals surface area contributed by atoms with Crippen LogP contribution in [0.2, 0.25) is 0 Å². The van der Waals surface area contributed by atoms with Gasteiger partial charge in [-0.25, -0.2) is 9.97 Å². The van der Waals surface area contributed by atoms with Gasteiger partial charge in [-0.1, -0.05) is 0 Å². The smallest absolute Gasteiger partial charge is 0.273 e. The van der Waals surface area contributed by atoms with Crippen LogP contribution in [0, 0.1) is 0 Å².